The van der Waals surface area contributed by atoms with Crippen LogP contribution < -0.4 is 9.64 Å². The molecule has 0 spiro atoms. The number of hydrogen-bond donors (Lipinski definition) is 1. The summed E-state index contributed by atoms with van der Waals surface area (Å²) in [5, 5.41) is 10.5. The summed E-state index contributed by atoms with van der Waals surface area (Å²) in [5.74, 6) is 0.757. The van der Waals surface area contributed by atoms with Gasteiger partial charge in [0.05, 0.1) is 0 Å². The largest absolute Gasteiger partial charge is 0.490 e. The van der Waals surface area contributed by atoms with E-state index in [1.54, 1.807) is 6.92 Å². The third-order valence-electron chi connectivity index (χ3n) is 3.25. The van der Waals surface area contributed by atoms with Crippen molar-refractivity contribution >= 4 is 5.69 Å². The lowest BCUT2D eigenvalue weighted by atomic mass is 9.97. The Morgan fingerprint density at radius 1 is 1.05 bits per heavy atom. The quantitative estimate of drug-likeness (QED) is 0.907. The molecular weight excluding hydrogens is 250 g/mol. The monoisotopic (exact) mass is 271 g/mol. The van der Waals surface area contributed by atoms with Gasteiger partial charge in [-0.15, -0.1) is 0 Å². The first-order valence-electron chi connectivity index (χ1n) is 6.67. The highest BCUT2D eigenvalue weighted by Gasteiger charge is 2.23. The molecule has 20 heavy (non-hydrogen) atoms. The lowest BCUT2D eigenvalue weighted by molar-refractivity contribution is 0.00761. The maximum absolute atomic E-state index is 10.5. The zero-order chi connectivity index (χ0) is 14.6. The Balaban J connectivity index is 2.06. The maximum Gasteiger partial charge on any atom is 0.121 e. The molecule has 0 saturated heterocycles. The summed E-state index contributed by atoms with van der Waals surface area (Å²) >= 11 is 0. The molecule has 106 valence electrons. The SMILES string of the molecule is CN(C)c1cccc(OCC(C)(O)c2ccccc2)c1. The van der Waals surface area contributed by atoms with Crippen molar-refractivity contribution in [2.45, 2.75) is 12.5 Å². The number of rotatable bonds is 5. The van der Waals surface area contributed by atoms with Crippen LogP contribution in [0.3, 0.4) is 0 Å². The summed E-state index contributed by atoms with van der Waals surface area (Å²) < 4.78 is 5.74. The molecule has 0 aromatic heterocycles. The van der Waals surface area contributed by atoms with E-state index in [2.05, 4.69) is 0 Å². The van der Waals surface area contributed by atoms with Gasteiger partial charge in [-0.2, -0.15) is 0 Å². The van der Waals surface area contributed by atoms with Crippen molar-refractivity contribution in [1.82, 2.24) is 0 Å². The number of nitrogens with zero attached hydrogens (tertiary/aromatic N) is 1. The second-order valence-corrected chi connectivity index (χ2v) is 5.32. The van der Waals surface area contributed by atoms with Crippen LogP contribution in [0, 0.1) is 0 Å². The van der Waals surface area contributed by atoms with Crippen LogP contribution in [-0.2, 0) is 5.60 Å². The highest BCUT2D eigenvalue weighted by molar-refractivity contribution is 5.49. The van der Waals surface area contributed by atoms with Crippen molar-refractivity contribution in [2.75, 3.05) is 25.6 Å². The van der Waals surface area contributed by atoms with Gasteiger partial charge in [0, 0.05) is 25.8 Å². The topological polar surface area (TPSA) is 32.7 Å². The van der Waals surface area contributed by atoms with Crippen molar-refractivity contribution < 1.29 is 9.84 Å². The lowest BCUT2D eigenvalue weighted by Crippen LogP contribution is -2.29. The minimum Gasteiger partial charge on any atom is -0.490 e. The Morgan fingerprint density at radius 2 is 1.75 bits per heavy atom. The van der Waals surface area contributed by atoms with E-state index in [1.165, 1.54) is 0 Å². The van der Waals surface area contributed by atoms with Crippen molar-refractivity contribution in [3.63, 3.8) is 0 Å². The predicted molar refractivity (Wildman–Crippen MR) is 82.3 cm³/mol. The van der Waals surface area contributed by atoms with E-state index in [0.717, 1.165) is 17.0 Å². The van der Waals surface area contributed by atoms with Crippen molar-refractivity contribution in [2.24, 2.45) is 0 Å². The van der Waals surface area contributed by atoms with E-state index in [0.29, 0.717) is 0 Å². The second kappa shape index (κ2) is 5.97. The van der Waals surface area contributed by atoms with Gasteiger partial charge in [0.1, 0.15) is 18.0 Å². The van der Waals surface area contributed by atoms with E-state index < -0.39 is 5.60 Å². The summed E-state index contributed by atoms with van der Waals surface area (Å²) in [6.45, 7) is 1.98. The van der Waals surface area contributed by atoms with Gasteiger partial charge in [0.25, 0.3) is 0 Å². The van der Waals surface area contributed by atoms with Gasteiger partial charge in [-0.25, -0.2) is 0 Å². The lowest BCUT2D eigenvalue weighted by Gasteiger charge is -2.24. The molecule has 0 aliphatic carbocycles. The first-order chi connectivity index (χ1) is 9.49. The molecule has 1 N–H and O–H groups in total. The number of aliphatic hydroxyl groups is 1. The van der Waals surface area contributed by atoms with E-state index in [1.807, 2.05) is 73.6 Å². The third-order valence-corrected chi connectivity index (χ3v) is 3.25. The Labute approximate surface area is 120 Å². The van der Waals surface area contributed by atoms with Crippen LogP contribution in [0.5, 0.6) is 5.75 Å². The number of hydrogen-bond acceptors (Lipinski definition) is 3. The van der Waals surface area contributed by atoms with E-state index >= 15 is 0 Å². The van der Waals surface area contributed by atoms with Crippen LogP contribution in [0.2, 0.25) is 0 Å². The van der Waals surface area contributed by atoms with Crippen LogP contribution in [0.25, 0.3) is 0 Å². The summed E-state index contributed by atoms with van der Waals surface area (Å²) in [6.07, 6.45) is 0. The first kappa shape index (κ1) is 14.4. The molecule has 0 fully saturated rings. The van der Waals surface area contributed by atoms with Crippen LogP contribution in [0.15, 0.2) is 54.6 Å². The number of ether oxygens (including phenoxy) is 1. The molecule has 0 saturated carbocycles. The minimum absolute atomic E-state index is 0.216. The fourth-order valence-corrected chi connectivity index (χ4v) is 1.96. The van der Waals surface area contributed by atoms with Crippen molar-refractivity contribution in [1.29, 1.82) is 0 Å². The molecule has 0 aliphatic heterocycles. The highest BCUT2D eigenvalue weighted by atomic mass is 16.5. The van der Waals surface area contributed by atoms with Gasteiger partial charge in [0.15, 0.2) is 0 Å². The molecule has 3 heteroatoms. The van der Waals surface area contributed by atoms with Gasteiger partial charge in [-0.3, -0.25) is 0 Å². The average Bonchev–Trinajstić information content (AvgIpc) is 2.46. The third kappa shape index (κ3) is 3.52. The Bertz CT molecular complexity index is 550. The molecular formula is C17H21NO2. The standard InChI is InChI=1S/C17H21NO2/c1-17(19,14-8-5-4-6-9-14)13-20-16-11-7-10-15(12-16)18(2)3/h4-12,19H,13H2,1-3H3. The molecule has 0 bridgehead atoms. The Kier molecular flexibility index (Phi) is 4.30. The maximum atomic E-state index is 10.5. The Morgan fingerprint density at radius 3 is 2.40 bits per heavy atom. The molecule has 0 aliphatic rings. The zero-order valence-electron chi connectivity index (χ0n) is 12.2. The van der Waals surface area contributed by atoms with Crippen molar-refractivity contribution in [3.05, 3.63) is 60.2 Å². The molecule has 2 aromatic carbocycles. The first-order valence-corrected chi connectivity index (χ1v) is 6.67. The molecule has 2 rings (SSSR count). The van der Waals surface area contributed by atoms with E-state index in [9.17, 15) is 5.11 Å². The minimum atomic E-state index is -1.00. The van der Waals surface area contributed by atoms with Gasteiger partial charge < -0.3 is 14.7 Å². The summed E-state index contributed by atoms with van der Waals surface area (Å²) in [7, 11) is 3.97. The van der Waals surface area contributed by atoms with Gasteiger partial charge in [-0.05, 0) is 24.6 Å². The van der Waals surface area contributed by atoms with Crippen LogP contribution in [-0.4, -0.2) is 25.8 Å². The fourth-order valence-electron chi connectivity index (χ4n) is 1.96. The molecule has 0 heterocycles. The molecule has 3 nitrogen and oxygen atoms in total. The number of benzene rings is 2. The average molecular weight is 271 g/mol. The molecule has 0 amide bonds. The van der Waals surface area contributed by atoms with Crippen LogP contribution in [0.1, 0.15) is 12.5 Å². The van der Waals surface area contributed by atoms with E-state index in [-0.39, 0.29) is 6.61 Å². The van der Waals surface area contributed by atoms with Crippen molar-refractivity contribution in [3.8, 4) is 5.75 Å². The zero-order valence-corrected chi connectivity index (χ0v) is 12.2. The predicted octanol–water partition coefficient (Wildman–Crippen LogP) is 3.04. The summed E-state index contributed by atoms with van der Waals surface area (Å²) in [4.78, 5) is 2.02. The fraction of sp³-hybridized carbons (Fsp3) is 0.294. The van der Waals surface area contributed by atoms with Gasteiger partial charge >= 0.3 is 0 Å². The smallest absolute Gasteiger partial charge is 0.121 e. The van der Waals surface area contributed by atoms with Crippen LogP contribution in [0.4, 0.5) is 5.69 Å². The molecule has 2 aromatic rings. The van der Waals surface area contributed by atoms with Gasteiger partial charge in [0.2, 0.25) is 0 Å². The summed E-state index contributed by atoms with van der Waals surface area (Å²) in [6, 6.07) is 17.4. The summed E-state index contributed by atoms with van der Waals surface area (Å²) in [5.41, 5.74) is 0.917. The molecule has 0 radical (unpaired) electrons. The molecule has 1 unspecified atom stereocenters. The van der Waals surface area contributed by atoms with Gasteiger partial charge in [-0.1, -0.05) is 36.4 Å². The normalized spacial score (nSPS) is 13.6. The van der Waals surface area contributed by atoms with E-state index in [4.69, 9.17) is 4.74 Å². The molecule has 1 atom stereocenters. The highest BCUT2D eigenvalue weighted by Crippen LogP contribution is 2.24. The van der Waals surface area contributed by atoms with Crippen LogP contribution >= 0.6 is 0 Å². The Hall–Kier alpha value is -2.00. The number of anilines is 1. The second-order valence-electron chi connectivity index (χ2n) is 5.32.